The molecule has 0 atom stereocenters. The molecule has 0 bridgehead atoms. The third-order valence-corrected chi connectivity index (χ3v) is 4.71. The van der Waals surface area contributed by atoms with E-state index in [-0.39, 0.29) is 23.0 Å². The van der Waals surface area contributed by atoms with Crippen molar-refractivity contribution >= 4 is 27.3 Å². The summed E-state index contributed by atoms with van der Waals surface area (Å²) in [6, 6.07) is 4.82. The van der Waals surface area contributed by atoms with Gasteiger partial charge < -0.3 is 9.15 Å². The lowest BCUT2D eigenvalue weighted by molar-refractivity contribution is 0.0599. The molecule has 2 rings (SSSR count). The number of aryl methyl sites for hydroxylation is 1. The second-order valence-electron chi connectivity index (χ2n) is 3.93. The fourth-order valence-corrected chi connectivity index (χ4v) is 3.28. The van der Waals surface area contributed by atoms with Gasteiger partial charge >= 0.3 is 5.97 Å². The first-order valence-electron chi connectivity index (χ1n) is 5.65. The van der Waals surface area contributed by atoms with Gasteiger partial charge in [0.15, 0.2) is 0 Å². The van der Waals surface area contributed by atoms with Gasteiger partial charge in [-0.2, -0.15) is 0 Å². The van der Waals surface area contributed by atoms with E-state index in [1.165, 1.54) is 25.4 Å². The highest BCUT2D eigenvalue weighted by molar-refractivity contribution is 7.89. The smallest absolute Gasteiger partial charge is 0.341 e. The molecule has 0 fully saturated rings. The van der Waals surface area contributed by atoms with Gasteiger partial charge in [0.25, 0.3) is 10.0 Å². The molecule has 0 aliphatic rings. The van der Waals surface area contributed by atoms with Crippen LogP contribution in [0.4, 0.5) is 0 Å². The van der Waals surface area contributed by atoms with Gasteiger partial charge in [-0.1, -0.05) is 6.07 Å². The lowest BCUT2D eigenvalue weighted by atomic mass is 10.3. The minimum atomic E-state index is -3.80. The van der Waals surface area contributed by atoms with E-state index in [1.54, 1.807) is 0 Å². The molecule has 8 heteroatoms. The van der Waals surface area contributed by atoms with E-state index in [2.05, 4.69) is 9.46 Å². The van der Waals surface area contributed by atoms with Gasteiger partial charge in [0.2, 0.25) is 5.09 Å². The van der Waals surface area contributed by atoms with Crippen LogP contribution in [0.1, 0.15) is 21.0 Å². The summed E-state index contributed by atoms with van der Waals surface area (Å²) >= 11 is 1.44. The van der Waals surface area contributed by atoms with Gasteiger partial charge in [-0.3, -0.25) is 0 Å². The number of ether oxygens (including phenoxy) is 1. The lowest BCUT2D eigenvalue weighted by Gasteiger charge is -2.01. The molecule has 0 unspecified atom stereocenters. The molecule has 6 nitrogen and oxygen atoms in total. The average Bonchev–Trinajstić information content (AvgIpc) is 3.05. The molecule has 0 saturated heterocycles. The van der Waals surface area contributed by atoms with Crippen molar-refractivity contribution < 1.29 is 22.4 Å². The Morgan fingerprint density at radius 1 is 1.50 bits per heavy atom. The predicted octanol–water partition coefficient (Wildman–Crippen LogP) is 1.91. The molecule has 0 spiro atoms. The van der Waals surface area contributed by atoms with Gasteiger partial charge in [0, 0.05) is 17.5 Å². The third kappa shape index (κ3) is 3.09. The zero-order chi connectivity index (χ0) is 14.8. The largest absolute Gasteiger partial charge is 0.465 e. The number of sulfonamides is 1. The van der Waals surface area contributed by atoms with Crippen LogP contribution in [-0.4, -0.2) is 21.5 Å². The van der Waals surface area contributed by atoms with Gasteiger partial charge in [-0.05, 0) is 18.4 Å². The molecule has 1 N–H and O–H groups in total. The predicted molar refractivity (Wildman–Crippen MR) is 73.1 cm³/mol. The number of methoxy groups -OCH3 is 1. The van der Waals surface area contributed by atoms with E-state index in [0.717, 1.165) is 10.9 Å². The first kappa shape index (κ1) is 14.8. The van der Waals surface area contributed by atoms with Crippen molar-refractivity contribution in [2.75, 3.05) is 7.11 Å². The van der Waals surface area contributed by atoms with Gasteiger partial charge in [0.05, 0.1) is 7.11 Å². The fraction of sp³-hybridized carbons (Fsp3) is 0.250. The molecule has 0 saturated carbocycles. The van der Waals surface area contributed by atoms with Crippen molar-refractivity contribution in [1.82, 2.24) is 4.72 Å². The van der Waals surface area contributed by atoms with E-state index < -0.39 is 16.0 Å². The van der Waals surface area contributed by atoms with E-state index in [9.17, 15) is 13.2 Å². The summed E-state index contributed by atoms with van der Waals surface area (Å²) < 4.78 is 36.2. The van der Waals surface area contributed by atoms with E-state index in [0.29, 0.717) is 0 Å². The van der Waals surface area contributed by atoms with E-state index in [4.69, 9.17) is 4.42 Å². The summed E-state index contributed by atoms with van der Waals surface area (Å²) in [6.45, 7) is 1.68. The van der Waals surface area contributed by atoms with E-state index in [1.807, 2.05) is 17.5 Å². The first-order valence-corrected chi connectivity index (χ1v) is 8.01. The van der Waals surface area contributed by atoms with Crippen LogP contribution in [-0.2, 0) is 21.3 Å². The summed E-state index contributed by atoms with van der Waals surface area (Å²) in [7, 11) is -2.58. The molecule has 0 aliphatic carbocycles. The number of carbonyl (C=O) groups is 1. The first-order chi connectivity index (χ1) is 9.44. The Kier molecular flexibility index (Phi) is 4.26. The standard InChI is InChI=1S/C12H13NO5S2/c1-8-10(12(14)17-2)6-11(18-8)20(15,16)13-7-9-4-3-5-19-9/h3-6,13H,7H2,1-2H3. The molecule has 2 aromatic heterocycles. The Morgan fingerprint density at radius 3 is 2.85 bits per heavy atom. The third-order valence-electron chi connectivity index (χ3n) is 2.58. The highest BCUT2D eigenvalue weighted by Gasteiger charge is 2.24. The van der Waals surface area contributed by atoms with Crippen molar-refractivity contribution in [1.29, 1.82) is 0 Å². The van der Waals surface area contributed by atoms with Crippen molar-refractivity contribution in [3.05, 3.63) is 39.8 Å². The lowest BCUT2D eigenvalue weighted by Crippen LogP contribution is -2.22. The fourth-order valence-electron chi connectivity index (χ4n) is 1.55. The SMILES string of the molecule is COC(=O)c1cc(S(=O)(=O)NCc2cccs2)oc1C. The van der Waals surface area contributed by atoms with Crippen molar-refractivity contribution in [3.8, 4) is 0 Å². The number of carbonyl (C=O) groups excluding carboxylic acids is 1. The van der Waals surface area contributed by atoms with Crippen LogP contribution >= 0.6 is 11.3 Å². The van der Waals surface area contributed by atoms with Gasteiger partial charge in [0.1, 0.15) is 11.3 Å². The van der Waals surface area contributed by atoms with Crippen LogP contribution in [0.15, 0.2) is 33.1 Å². The Labute approximate surface area is 120 Å². The van der Waals surface area contributed by atoms with Crippen molar-refractivity contribution in [2.24, 2.45) is 0 Å². The molecule has 0 aromatic carbocycles. The Hall–Kier alpha value is -1.64. The van der Waals surface area contributed by atoms with Crippen molar-refractivity contribution in [2.45, 2.75) is 18.6 Å². The summed E-state index contributed by atoms with van der Waals surface area (Å²) in [5.41, 5.74) is 0.101. The number of thiophene rings is 1. The van der Waals surface area contributed by atoms with Gasteiger partial charge in [-0.15, -0.1) is 11.3 Å². The summed E-state index contributed by atoms with van der Waals surface area (Å²) in [6.07, 6.45) is 0. The molecule has 20 heavy (non-hydrogen) atoms. The molecule has 0 radical (unpaired) electrons. The monoisotopic (exact) mass is 315 g/mol. The second-order valence-corrected chi connectivity index (χ2v) is 6.66. The number of esters is 1. The highest BCUT2D eigenvalue weighted by atomic mass is 32.2. The van der Waals surface area contributed by atoms with Crippen LogP contribution in [0.3, 0.4) is 0 Å². The molecular weight excluding hydrogens is 302 g/mol. The van der Waals surface area contributed by atoms with Crippen LogP contribution in [0.5, 0.6) is 0 Å². The maximum absolute atomic E-state index is 12.1. The van der Waals surface area contributed by atoms with E-state index >= 15 is 0 Å². The summed E-state index contributed by atoms with van der Waals surface area (Å²) in [5.74, 6) is -0.431. The zero-order valence-corrected chi connectivity index (χ0v) is 12.5. The Morgan fingerprint density at radius 2 is 2.25 bits per heavy atom. The number of furan rings is 1. The second kappa shape index (κ2) is 5.78. The summed E-state index contributed by atoms with van der Waals surface area (Å²) in [5, 5.41) is 1.56. The maximum atomic E-state index is 12.1. The van der Waals surface area contributed by atoms with Crippen LogP contribution in [0.25, 0.3) is 0 Å². The Balaban J connectivity index is 2.19. The normalized spacial score (nSPS) is 11.5. The highest BCUT2D eigenvalue weighted by Crippen LogP contribution is 2.20. The number of nitrogens with one attached hydrogen (secondary N) is 1. The molecule has 108 valence electrons. The molecule has 2 heterocycles. The molecule has 0 aliphatic heterocycles. The van der Waals surface area contributed by atoms with Crippen LogP contribution in [0, 0.1) is 6.92 Å². The van der Waals surface area contributed by atoms with Crippen LogP contribution < -0.4 is 4.72 Å². The number of rotatable bonds is 5. The average molecular weight is 315 g/mol. The minimum Gasteiger partial charge on any atom is -0.465 e. The maximum Gasteiger partial charge on any atom is 0.341 e. The molecular formula is C12H13NO5S2. The topological polar surface area (TPSA) is 85.6 Å². The zero-order valence-electron chi connectivity index (χ0n) is 10.9. The number of hydrogen-bond donors (Lipinski definition) is 1. The molecule has 0 amide bonds. The number of hydrogen-bond acceptors (Lipinski definition) is 6. The quantitative estimate of drug-likeness (QED) is 0.852. The van der Waals surface area contributed by atoms with Crippen LogP contribution in [0.2, 0.25) is 0 Å². The minimum absolute atomic E-state index is 0.101. The van der Waals surface area contributed by atoms with Gasteiger partial charge in [-0.25, -0.2) is 17.9 Å². The Bertz CT molecular complexity index is 700. The summed E-state index contributed by atoms with van der Waals surface area (Å²) in [4.78, 5) is 12.3. The molecule has 2 aromatic rings. The van der Waals surface area contributed by atoms with Crippen molar-refractivity contribution in [3.63, 3.8) is 0 Å².